The summed E-state index contributed by atoms with van der Waals surface area (Å²) in [5.41, 5.74) is 3.95. The third kappa shape index (κ3) is 5.59. The molecule has 8 nitrogen and oxygen atoms in total. The molecule has 2 aliphatic rings. The number of carbonyl (C=O) groups is 3. The molecule has 0 bridgehead atoms. The highest BCUT2D eigenvalue weighted by Gasteiger charge is 2.47. The Bertz CT molecular complexity index is 1020. The number of esters is 2. The van der Waals surface area contributed by atoms with Crippen LogP contribution >= 0.6 is 0 Å². The van der Waals surface area contributed by atoms with Gasteiger partial charge in [0, 0.05) is 49.3 Å². The Kier molecular flexibility index (Phi) is 8.72. The number of rotatable bonds is 9. The lowest BCUT2D eigenvalue weighted by Gasteiger charge is -2.38. The first-order valence-electron chi connectivity index (χ1n) is 12.1. The van der Waals surface area contributed by atoms with Crippen LogP contribution in [0.5, 0.6) is 0 Å². The highest BCUT2D eigenvalue weighted by molar-refractivity contribution is 6.12. The number of ether oxygens (including phenoxy) is 3. The van der Waals surface area contributed by atoms with Crippen molar-refractivity contribution in [3.63, 3.8) is 0 Å². The molecule has 0 unspecified atom stereocenters. The van der Waals surface area contributed by atoms with Gasteiger partial charge in [0.05, 0.1) is 19.3 Å². The van der Waals surface area contributed by atoms with E-state index < -0.39 is 23.8 Å². The van der Waals surface area contributed by atoms with Crippen molar-refractivity contribution in [1.29, 1.82) is 0 Å². The summed E-state index contributed by atoms with van der Waals surface area (Å²) in [6, 6.07) is 7.73. The van der Waals surface area contributed by atoms with Crippen LogP contribution in [0.25, 0.3) is 0 Å². The predicted molar refractivity (Wildman–Crippen MR) is 133 cm³/mol. The number of hydrogen-bond donors (Lipinski definition) is 1. The molecule has 0 fully saturated rings. The van der Waals surface area contributed by atoms with Gasteiger partial charge in [-0.1, -0.05) is 26.0 Å². The fourth-order valence-corrected chi connectivity index (χ4v) is 4.77. The highest BCUT2D eigenvalue weighted by Crippen LogP contribution is 2.45. The van der Waals surface area contributed by atoms with Gasteiger partial charge >= 0.3 is 11.9 Å². The van der Waals surface area contributed by atoms with Gasteiger partial charge in [-0.3, -0.25) is 9.59 Å². The first-order chi connectivity index (χ1) is 16.7. The second-order valence-electron chi connectivity index (χ2n) is 9.27. The second kappa shape index (κ2) is 11.5. The number of allylic oxidation sites excluding steroid dienone is 3. The van der Waals surface area contributed by atoms with Crippen molar-refractivity contribution in [3.05, 3.63) is 52.4 Å². The maximum absolute atomic E-state index is 13.7. The van der Waals surface area contributed by atoms with E-state index in [1.54, 1.807) is 0 Å². The molecule has 1 heterocycles. The molecule has 3 rings (SSSR count). The van der Waals surface area contributed by atoms with E-state index in [4.69, 9.17) is 14.2 Å². The maximum atomic E-state index is 13.7. The van der Waals surface area contributed by atoms with E-state index in [9.17, 15) is 14.4 Å². The summed E-state index contributed by atoms with van der Waals surface area (Å²) in [6.07, 6.45) is 1.38. The smallest absolute Gasteiger partial charge is 0.336 e. The summed E-state index contributed by atoms with van der Waals surface area (Å²) >= 11 is 0. The zero-order valence-electron chi connectivity index (χ0n) is 21.5. The molecule has 0 radical (unpaired) electrons. The van der Waals surface area contributed by atoms with E-state index in [1.165, 1.54) is 7.11 Å². The number of nitrogens with one attached hydrogen (secondary N) is 1. The van der Waals surface area contributed by atoms with Gasteiger partial charge in [0.1, 0.15) is 12.5 Å². The average molecular weight is 485 g/mol. The number of Topliss-reactive ketones (excluding diaryl/α,β-unsaturated/α-hetero) is 1. The molecular formula is C27H36N2O6. The summed E-state index contributed by atoms with van der Waals surface area (Å²) in [4.78, 5) is 41.5. The number of methoxy groups -OCH3 is 1. The van der Waals surface area contributed by atoms with Crippen LogP contribution < -0.4 is 10.2 Å². The van der Waals surface area contributed by atoms with E-state index >= 15 is 0 Å². The standard InChI is InChI=1S/C27H36N2O6/c1-7-12-34-13-14-35-27(32)22-17(3)28-20-15-16(2)21(26(31)33-6)25(30)24(20)23(22)18-8-10-19(11-9-18)29(4)5/h8-11,16,21,23,28H,7,12-15H2,1-6H3/t16-,21+,23-/m1/s1. The first kappa shape index (κ1) is 26.5. The number of ketones is 1. The molecule has 1 aliphatic heterocycles. The summed E-state index contributed by atoms with van der Waals surface area (Å²) < 4.78 is 15.9. The molecule has 3 atom stereocenters. The van der Waals surface area contributed by atoms with Crippen LogP contribution in [-0.2, 0) is 28.6 Å². The van der Waals surface area contributed by atoms with Gasteiger partial charge in [-0.05, 0) is 43.4 Å². The average Bonchev–Trinajstić information content (AvgIpc) is 2.82. The minimum atomic E-state index is -0.915. The topological polar surface area (TPSA) is 94.2 Å². The lowest BCUT2D eigenvalue weighted by Crippen LogP contribution is -2.43. The summed E-state index contributed by atoms with van der Waals surface area (Å²) in [6.45, 7) is 6.70. The van der Waals surface area contributed by atoms with Crippen molar-refractivity contribution >= 4 is 23.4 Å². The summed E-state index contributed by atoms with van der Waals surface area (Å²) in [5.74, 6) is -3.18. The van der Waals surface area contributed by atoms with Gasteiger partial charge < -0.3 is 24.4 Å². The van der Waals surface area contributed by atoms with E-state index in [-0.39, 0.29) is 18.3 Å². The molecular weight excluding hydrogens is 448 g/mol. The van der Waals surface area contributed by atoms with Crippen molar-refractivity contribution in [2.45, 2.75) is 39.5 Å². The predicted octanol–water partition coefficient (Wildman–Crippen LogP) is 3.34. The largest absolute Gasteiger partial charge is 0.468 e. The molecule has 0 aromatic heterocycles. The Hall–Kier alpha value is -3.13. The molecule has 0 saturated heterocycles. The maximum Gasteiger partial charge on any atom is 0.336 e. The fourth-order valence-electron chi connectivity index (χ4n) is 4.77. The zero-order valence-corrected chi connectivity index (χ0v) is 21.5. The van der Waals surface area contributed by atoms with Gasteiger partial charge in [0.25, 0.3) is 0 Å². The van der Waals surface area contributed by atoms with Crippen LogP contribution in [0, 0.1) is 11.8 Å². The van der Waals surface area contributed by atoms with Gasteiger partial charge in [0.15, 0.2) is 5.78 Å². The third-order valence-corrected chi connectivity index (χ3v) is 6.52. The quantitative estimate of drug-likeness (QED) is 0.324. The summed E-state index contributed by atoms with van der Waals surface area (Å²) in [7, 11) is 5.18. The molecule has 8 heteroatoms. The first-order valence-corrected chi connectivity index (χ1v) is 12.1. The van der Waals surface area contributed by atoms with E-state index in [1.807, 2.05) is 64.0 Å². The van der Waals surface area contributed by atoms with Crippen molar-refractivity contribution in [3.8, 4) is 0 Å². The molecule has 0 amide bonds. The molecule has 190 valence electrons. The lowest BCUT2D eigenvalue weighted by molar-refractivity contribution is -0.151. The van der Waals surface area contributed by atoms with Crippen molar-refractivity contribution in [2.75, 3.05) is 45.9 Å². The molecule has 0 saturated carbocycles. The Labute approximate surface area is 207 Å². The van der Waals surface area contributed by atoms with Gasteiger partial charge in [-0.25, -0.2) is 4.79 Å². The van der Waals surface area contributed by atoms with Crippen LogP contribution in [0.1, 0.15) is 45.1 Å². The zero-order chi connectivity index (χ0) is 25.7. The lowest BCUT2D eigenvalue weighted by atomic mass is 9.69. The van der Waals surface area contributed by atoms with Crippen LogP contribution in [0.15, 0.2) is 46.8 Å². The highest BCUT2D eigenvalue weighted by atomic mass is 16.6. The Morgan fingerprint density at radius 1 is 1.11 bits per heavy atom. The molecule has 1 aliphatic carbocycles. The number of benzene rings is 1. The number of anilines is 1. The van der Waals surface area contributed by atoms with Crippen LogP contribution in [0.2, 0.25) is 0 Å². The van der Waals surface area contributed by atoms with Crippen molar-refractivity contribution in [1.82, 2.24) is 5.32 Å². The van der Waals surface area contributed by atoms with Gasteiger partial charge in [0.2, 0.25) is 0 Å². The minimum Gasteiger partial charge on any atom is -0.468 e. The molecule has 1 aromatic carbocycles. The number of hydrogen-bond acceptors (Lipinski definition) is 8. The molecule has 35 heavy (non-hydrogen) atoms. The normalized spacial score (nSPS) is 21.9. The van der Waals surface area contributed by atoms with Gasteiger partial charge in [-0.2, -0.15) is 0 Å². The Morgan fingerprint density at radius 3 is 2.40 bits per heavy atom. The van der Waals surface area contributed by atoms with Gasteiger partial charge in [-0.15, -0.1) is 0 Å². The monoisotopic (exact) mass is 484 g/mol. The van der Waals surface area contributed by atoms with Crippen LogP contribution in [0.4, 0.5) is 5.69 Å². The van der Waals surface area contributed by atoms with E-state index in [0.29, 0.717) is 36.5 Å². The SMILES string of the molecule is CCCOCCOC(=O)C1=C(C)NC2=C(C(=O)[C@@H](C(=O)OC)[C@H](C)C2)[C@@H]1c1ccc(N(C)C)cc1. The van der Waals surface area contributed by atoms with E-state index in [0.717, 1.165) is 23.4 Å². The molecule has 1 aromatic rings. The third-order valence-electron chi connectivity index (χ3n) is 6.52. The van der Waals surface area contributed by atoms with E-state index in [2.05, 4.69) is 5.32 Å². The summed E-state index contributed by atoms with van der Waals surface area (Å²) in [5, 5.41) is 3.27. The molecule has 1 N–H and O–H groups in total. The Morgan fingerprint density at radius 2 is 1.80 bits per heavy atom. The fraction of sp³-hybridized carbons (Fsp3) is 0.519. The number of nitrogens with zero attached hydrogens (tertiary/aromatic N) is 1. The minimum absolute atomic E-state index is 0.115. The second-order valence-corrected chi connectivity index (χ2v) is 9.27. The Balaban J connectivity index is 2.03. The van der Waals surface area contributed by atoms with Crippen molar-refractivity contribution in [2.24, 2.45) is 11.8 Å². The van der Waals surface area contributed by atoms with Crippen LogP contribution in [0.3, 0.4) is 0 Å². The number of carbonyl (C=O) groups excluding carboxylic acids is 3. The van der Waals surface area contributed by atoms with Crippen LogP contribution in [-0.4, -0.2) is 58.7 Å². The van der Waals surface area contributed by atoms with Crippen molar-refractivity contribution < 1.29 is 28.6 Å². The number of dihydropyridines is 1. The molecule has 0 spiro atoms.